The third-order valence-electron chi connectivity index (χ3n) is 6.72. The van der Waals surface area contributed by atoms with Crippen molar-refractivity contribution in [3.63, 3.8) is 0 Å². The first-order valence-electron chi connectivity index (χ1n) is 11.4. The van der Waals surface area contributed by atoms with Gasteiger partial charge in [0.1, 0.15) is 11.6 Å². The van der Waals surface area contributed by atoms with E-state index in [-0.39, 0.29) is 23.6 Å². The van der Waals surface area contributed by atoms with E-state index in [0.717, 1.165) is 54.9 Å². The monoisotopic (exact) mass is 432 g/mol. The molecule has 2 aliphatic rings. The first kappa shape index (κ1) is 21.0. The molecule has 1 aliphatic heterocycles. The van der Waals surface area contributed by atoms with Crippen LogP contribution < -0.4 is 0 Å². The van der Waals surface area contributed by atoms with E-state index in [2.05, 4.69) is 9.80 Å². The van der Waals surface area contributed by atoms with Gasteiger partial charge in [0.15, 0.2) is 0 Å². The van der Waals surface area contributed by atoms with Gasteiger partial charge in [0, 0.05) is 37.2 Å². The number of likely N-dealkylation sites (tertiary alicyclic amines) is 1. The van der Waals surface area contributed by atoms with Gasteiger partial charge in [-0.3, -0.25) is 9.69 Å². The number of rotatable bonds is 7. The van der Waals surface area contributed by atoms with E-state index in [1.807, 2.05) is 55.5 Å². The first-order valence-corrected chi connectivity index (χ1v) is 11.4. The van der Waals surface area contributed by atoms with Crippen LogP contribution in [0.15, 0.2) is 71.3 Å². The molecular formula is C27H29FN2O2. The van der Waals surface area contributed by atoms with Crippen LogP contribution in [0.3, 0.4) is 0 Å². The predicted octanol–water partition coefficient (Wildman–Crippen LogP) is 5.25. The van der Waals surface area contributed by atoms with Crippen molar-refractivity contribution in [2.24, 2.45) is 5.92 Å². The van der Waals surface area contributed by atoms with Gasteiger partial charge in [-0.1, -0.05) is 29.8 Å². The van der Waals surface area contributed by atoms with E-state index >= 15 is 0 Å². The van der Waals surface area contributed by atoms with Gasteiger partial charge >= 0.3 is 0 Å². The minimum Gasteiger partial charge on any atom is -0.468 e. The second-order valence-corrected chi connectivity index (χ2v) is 9.25. The minimum absolute atomic E-state index is 0.124. The zero-order valence-electron chi connectivity index (χ0n) is 18.4. The lowest BCUT2D eigenvalue weighted by molar-refractivity contribution is 0.0710. The summed E-state index contributed by atoms with van der Waals surface area (Å²) in [4.78, 5) is 17.9. The molecule has 1 aliphatic carbocycles. The quantitative estimate of drug-likeness (QED) is 0.512. The first-order chi connectivity index (χ1) is 15.6. The Morgan fingerprint density at radius 1 is 1.09 bits per heavy atom. The van der Waals surface area contributed by atoms with Crippen LogP contribution >= 0.6 is 0 Å². The number of hydrogen-bond acceptors (Lipinski definition) is 3. The van der Waals surface area contributed by atoms with Crippen molar-refractivity contribution in [3.8, 4) is 0 Å². The number of aryl methyl sites for hydroxylation is 1. The van der Waals surface area contributed by atoms with Crippen LogP contribution in [-0.2, 0) is 6.54 Å². The Kier molecular flexibility index (Phi) is 5.83. The molecule has 0 unspecified atom stereocenters. The van der Waals surface area contributed by atoms with E-state index in [4.69, 9.17) is 4.42 Å². The van der Waals surface area contributed by atoms with Gasteiger partial charge in [0.25, 0.3) is 5.91 Å². The molecule has 5 heteroatoms. The van der Waals surface area contributed by atoms with Crippen molar-refractivity contribution >= 4 is 5.91 Å². The summed E-state index contributed by atoms with van der Waals surface area (Å²) in [6.07, 6.45) is 3.85. The molecule has 2 atom stereocenters. The highest BCUT2D eigenvalue weighted by Crippen LogP contribution is 2.37. The highest BCUT2D eigenvalue weighted by Gasteiger charge is 2.40. The molecule has 1 amide bonds. The third kappa shape index (κ3) is 4.63. The minimum atomic E-state index is -0.218. The molecule has 0 radical (unpaired) electrons. The van der Waals surface area contributed by atoms with Crippen LogP contribution in [0, 0.1) is 18.7 Å². The molecule has 3 aromatic rings. The topological polar surface area (TPSA) is 36.7 Å². The van der Waals surface area contributed by atoms with Gasteiger partial charge in [-0.2, -0.15) is 0 Å². The highest BCUT2D eigenvalue weighted by atomic mass is 19.1. The van der Waals surface area contributed by atoms with Crippen LogP contribution in [0.1, 0.15) is 46.0 Å². The Bertz CT molecular complexity index is 1060. The van der Waals surface area contributed by atoms with Gasteiger partial charge in [-0.05, 0) is 67.6 Å². The summed E-state index contributed by atoms with van der Waals surface area (Å²) in [6.45, 7) is 5.23. The number of amides is 1. The van der Waals surface area contributed by atoms with Crippen molar-refractivity contribution in [3.05, 3.63) is 95.2 Å². The summed E-state index contributed by atoms with van der Waals surface area (Å²) >= 11 is 0. The summed E-state index contributed by atoms with van der Waals surface area (Å²) in [7, 11) is 0. The number of hydrogen-bond donors (Lipinski definition) is 0. The molecule has 0 N–H and O–H groups in total. The van der Waals surface area contributed by atoms with E-state index in [9.17, 15) is 9.18 Å². The average Bonchev–Trinajstić information content (AvgIpc) is 3.36. The number of halogens is 1. The number of furan rings is 1. The summed E-state index contributed by atoms with van der Waals surface area (Å²) in [5.74, 6) is 1.38. The van der Waals surface area contributed by atoms with Crippen molar-refractivity contribution in [1.82, 2.24) is 9.80 Å². The molecule has 1 saturated carbocycles. The lowest BCUT2D eigenvalue weighted by Gasteiger charge is -2.29. The number of carbonyl (C=O) groups is 1. The Labute approximate surface area is 188 Å². The van der Waals surface area contributed by atoms with Crippen molar-refractivity contribution < 1.29 is 13.6 Å². The molecule has 2 heterocycles. The normalized spacial score (nSPS) is 21.1. The molecule has 32 heavy (non-hydrogen) atoms. The average molecular weight is 433 g/mol. The fourth-order valence-electron chi connectivity index (χ4n) is 4.97. The van der Waals surface area contributed by atoms with Crippen molar-refractivity contribution in [2.45, 2.75) is 38.3 Å². The van der Waals surface area contributed by atoms with Gasteiger partial charge in [-0.15, -0.1) is 0 Å². The molecule has 4 nitrogen and oxygen atoms in total. The molecule has 0 bridgehead atoms. The zero-order valence-corrected chi connectivity index (χ0v) is 18.4. The molecule has 5 rings (SSSR count). The highest BCUT2D eigenvalue weighted by molar-refractivity contribution is 5.94. The zero-order chi connectivity index (χ0) is 22.1. The third-order valence-corrected chi connectivity index (χ3v) is 6.72. The van der Waals surface area contributed by atoms with Gasteiger partial charge in [-0.25, -0.2) is 4.39 Å². The van der Waals surface area contributed by atoms with E-state index in [0.29, 0.717) is 12.6 Å². The summed E-state index contributed by atoms with van der Waals surface area (Å²) in [5.41, 5.74) is 3.00. The van der Waals surface area contributed by atoms with Crippen LogP contribution in [0.25, 0.3) is 0 Å². The Morgan fingerprint density at radius 2 is 1.91 bits per heavy atom. The Balaban J connectivity index is 1.38. The Morgan fingerprint density at radius 3 is 2.59 bits per heavy atom. The number of nitrogens with zero attached hydrogens (tertiary/aromatic N) is 2. The van der Waals surface area contributed by atoms with Crippen LogP contribution in [0.4, 0.5) is 4.39 Å². The molecular weight excluding hydrogens is 403 g/mol. The summed E-state index contributed by atoms with van der Waals surface area (Å²) < 4.78 is 19.1. The van der Waals surface area contributed by atoms with Crippen molar-refractivity contribution in [2.75, 3.05) is 19.6 Å². The smallest absolute Gasteiger partial charge is 0.254 e. The molecule has 2 fully saturated rings. The van der Waals surface area contributed by atoms with E-state index < -0.39 is 0 Å². The fraction of sp³-hybridized carbons (Fsp3) is 0.370. The predicted molar refractivity (Wildman–Crippen MR) is 122 cm³/mol. The molecule has 2 aromatic carbocycles. The van der Waals surface area contributed by atoms with Crippen LogP contribution in [0.2, 0.25) is 0 Å². The molecule has 1 aromatic heterocycles. The standard InChI is InChI=1S/C27H29FN2O2/c1-19-4-2-5-21(14-19)27(31)30(24-11-12-24)16-22-15-29(17-25-6-3-13-32-25)18-26(22)20-7-9-23(28)10-8-20/h2-10,13-14,22,24,26H,11-12,15-18H2,1H3/t22-,26-/m1/s1. The maximum Gasteiger partial charge on any atom is 0.254 e. The maximum absolute atomic E-state index is 13.6. The van der Waals surface area contributed by atoms with Gasteiger partial charge < -0.3 is 9.32 Å². The second-order valence-electron chi connectivity index (χ2n) is 9.25. The second kappa shape index (κ2) is 8.91. The van der Waals surface area contributed by atoms with Crippen molar-refractivity contribution in [1.29, 1.82) is 0 Å². The van der Waals surface area contributed by atoms with Crippen LogP contribution in [0.5, 0.6) is 0 Å². The van der Waals surface area contributed by atoms with Crippen LogP contribution in [-0.4, -0.2) is 41.4 Å². The largest absolute Gasteiger partial charge is 0.468 e. The van der Waals surface area contributed by atoms with Gasteiger partial charge in [0.2, 0.25) is 0 Å². The number of carbonyl (C=O) groups excluding carboxylic acids is 1. The molecule has 0 spiro atoms. The Hall–Kier alpha value is -2.92. The van der Waals surface area contributed by atoms with Gasteiger partial charge in [0.05, 0.1) is 12.8 Å². The van der Waals surface area contributed by atoms with E-state index in [1.54, 1.807) is 6.26 Å². The number of benzene rings is 2. The molecule has 166 valence electrons. The maximum atomic E-state index is 13.6. The molecule has 1 saturated heterocycles. The summed E-state index contributed by atoms with van der Waals surface area (Å²) in [6, 6.07) is 19.0. The lowest BCUT2D eigenvalue weighted by Crippen LogP contribution is -2.39. The fourth-order valence-corrected chi connectivity index (χ4v) is 4.97. The summed E-state index contributed by atoms with van der Waals surface area (Å²) in [5, 5.41) is 0. The van der Waals surface area contributed by atoms with E-state index in [1.165, 1.54) is 12.1 Å². The SMILES string of the molecule is Cc1cccc(C(=O)N(C[C@H]2CN(Cc3ccco3)C[C@@H]2c2ccc(F)cc2)C2CC2)c1. The lowest BCUT2D eigenvalue weighted by atomic mass is 9.88.